The molecule has 2 aromatic rings. The van der Waals surface area contributed by atoms with E-state index in [1.165, 1.54) is 30.3 Å². The Bertz CT molecular complexity index is 964. The summed E-state index contributed by atoms with van der Waals surface area (Å²) in [4.78, 5) is 26.3. The van der Waals surface area contributed by atoms with Gasteiger partial charge < -0.3 is 10.5 Å². The summed E-state index contributed by atoms with van der Waals surface area (Å²) in [5, 5.41) is 12.6. The molecule has 0 radical (unpaired) electrons. The number of hydrogen-bond donors (Lipinski definition) is 2. The van der Waals surface area contributed by atoms with Crippen LogP contribution in [-0.2, 0) is 9.59 Å². The zero-order valence-electron chi connectivity index (χ0n) is 15.5. The number of hydrazine groups is 1. The van der Waals surface area contributed by atoms with Gasteiger partial charge >= 0.3 is 0 Å². The highest BCUT2D eigenvalue weighted by Gasteiger charge is 2.52. The van der Waals surface area contributed by atoms with Gasteiger partial charge in [0, 0.05) is 23.3 Å². The van der Waals surface area contributed by atoms with E-state index >= 15 is 0 Å². The van der Waals surface area contributed by atoms with Crippen molar-refractivity contribution in [3.8, 4) is 0 Å². The Hall–Kier alpha value is -2.74. The standard InChI is InChI=1S/C21H19ClFN3O3/c1-25-20(28)13-10-11-16(19(27)17-14(22)8-5-9-15(17)23)26(18(13)21(25)29)24-12-6-3-2-4-7-12/h2-11,13,16,18-19,24,27H,1H3. The number of nitrogens with zero attached hydrogens (tertiary/aromatic N) is 2. The average Bonchev–Trinajstić information content (AvgIpc) is 2.93. The predicted octanol–water partition coefficient (Wildman–Crippen LogP) is 2.76. The van der Waals surface area contributed by atoms with Crippen molar-refractivity contribution in [1.82, 2.24) is 9.91 Å². The van der Waals surface area contributed by atoms with Crippen LogP contribution >= 0.6 is 11.6 Å². The van der Waals surface area contributed by atoms with Gasteiger partial charge in [0.2, 0.25) is 11.8 Å². The Labute approximate surface area is 172 Å². The van der Waals surface area contributed by atoms with E-state index in [0.29, 0.717) is 5.69 Å². The first-order chi connectivity index (χ1) is 13.9. The third-order valence-electron chi connectivity index (χ3n) is 5.33. The van der Waals surface area contributed by atoms with E-state index in [9.17, 15) is 19.1 Å². The molecule has 2 aliphatic rings. The Balaban J connectivity index is 1.77. The van der Waals surface area contributed by atoms with Crippen molar-refractivity contribution in [2.24, 2.45) is 5.92 Å². The monoisotopic (exact) mass is 415 g/mol. The van der Waals surface area contributed by atoms with Crippen molar-refractivity contribution < 1.29 is 19.1 Å². The van der Waals surface area contributed by atoms with Gasteiger partial charge in [-0.25, -0.2) is 9.40 Å². The first kappa shape index (κ1) is 19.6. The third-order valence-corrected chi connectivity index (χ3v) is 5.66. The van der Waals surface area contributed by atoms with Crippen molar-refractivity contribution >= 4 is 29.1 Å². The van der Waals surface area contributed by atoms with E-state index in [2.05, 4.69) is 5.43 Å². The van der Waals surface area contributed by atoms with E-state index in [0.717, 1.165) is 4.90 Å². The Kier molecular flexibility index (Phi) is 5.12. The van der Waals surface area contributed by atoms with Crippen LogP contribution < -0.4 is 5.43 Å². The van der Waals surface area contributed by atoms with E-state index in [4.69, 9.17) is 11.6 Å². The summed E-state index contributed by atoms with van der Waals surface area (Å²) < 4.78 is 14.4. The molecule has 2 N–H and O–H groups in total. The third kappa shape index (κ3) is 3.31. The first-order valence-electron chi connectivity index (χ1n) is 9.12. The second kappa shape index (κ2) is 7.59. The smallest absolute Gasteiger partial charge is 0.249 e. The topological polar surface area (TPSA) is 72.9 Å². The summed E-state index contributed by atoms with van der Waals surface area (Å²) in [5.41, 5.74) is 3.72. The molecule has 0 aliphatic carbocycles. The van der Waals surface area contributed by atoms with Crippen LogP contribution in [0.3, 0.4) is 0 Å². The highest BCUT2D eigenvalue weighted by molar-refractivity contribution is 6.31. The van der Waals surface area contributed by atoms with Gasteiger partial charge in [-0.1, -0.05) is 48.0 Å². The van der Waals surface area contributed by atoms with Crippen molar-refractivity contribution in [3.63, 3.8) is 0 Å². The van der Waals surface area contributed by atoms with Gasteiger partial charge in [-0.3, -0.25) is 14.5 Å². The molecule has 1 saturated heterocycles. The molecular weight excluding hydrogens is 397 g/mol. The van der Waals surface area contributed by atoms with Crippen molar-refractivity contribution in [2.45, 2.75) is 18.2 Å². The van der Waals surface area contributed by atoms with Gasteiger partial charge in [-0.15, -0.1) is 0 Å². The number of hydrogen-bond acceptors (Lipinski definition) is 5. The number of anilines is 1. The van der Waals surface area contributed by atoms with Crippen LogP contribution in [-0.4, -0.2) is 46.0 Å². The molecule has 8 heteroatoms. The number of nitrogens with one attached hydrogen (secondary N) is 1. The van der Waals surface area contributed by atoms with Crippen LogP contribution in [0.2, 0.25) is 5.02 Å². The molecule has 6 nitrogen and oxygen atoms in total. The Morgan fingerprint density at radius 2 is 1.79 bits per heavy atom. The fourth-order valence-corrected chi connectivity index (χ4v) is 4.11. The molecule has 29 heavy (non-hydrogen) atoms. The minimum absolute atomic E-state index is 0.0627. The molecule has 2 amide bonds. The van der Waals surface area contributed by atoms with Crippen LogP contribution in [0.25, 0.3) is 0 Å². The summed E-state index contributed by atoms with van der Waals surface area (Å²) in [7, 11) is 1.43. The molecule has 2 aliphatic heterocycles. The van der Waals surface area contributed by atoms with Crippen LogP contribution in [0.1, 0.15) is 11.7 Å². The fourth-order valence-electron chi connectivity index (χ4n) is 3.84. The molecular formula is C21H19ClFN3O3. The second-order valence-electron chi connectivity index (χ2n) is 7.05. The zero-order valence-corrected chi connectivity index (χ0v) is 16.3. The number of halogens is 2. The molecule has 4 atom stereocenters. The molecule has 4 unspecified atom stereocenters. The van der Waals surface area contributed by atoms with E-state index in [1.54, 1.807) is 24.3 Å². The summed E-state index contributed by atoms with van der Waals surface area (Å²) in [6.07, 6.45) is 1.83. The molecule has 150 valence electrons. The largest absolute Gasteiger partial charge is 0.386 e. The number of benzene rings is 2. The normalized spacial score (nSPS) is 25.2. The van der Waals surface area contributed by atoms with Crippen LogP contribution in [0.4, 0.5) is 10.1 Å². The maximum atomic E-state index is 14.4. The SMILES string of the molecule is CN1C(=O)C2C=CC(C(O)c3c(F)cccc3Cl)N(Nc3ccccc3)C2C1=O. The predicted molar refractivity (Wildman–Crippen MR) is 106 cm³/mol. The van der Waals surface area contributed by atoms with Gasteiger partial charge in [0.05, 0.1) is 12.0 Å². The van der Waals surface area contributed by atoms with E-state index in [1.807, 2.05) is 18.2 Å². The summed E-state index contributed by atoms with van der Waals surface area (Å²) >= 11 is 6.15. The number of imide groups is 1. The number of fused-ring (bicyclic) bond motifs is 1. The van der Waals surface area contributed by atoms with E-state index < -0.39 is 35.8 Å². The molecule has 4 rings (SSSR count). The number of aliphatic hydroxyl groups is 1. The number of likely N-dealkylation sites (N-methyl/N-ethyl adjacent to an activating group) is 1. The van der Waals surface area contributed by atoms with Gasteiger partial charge in [-0.2, -0.15) is 0 Å². The van der Waals surface area contributed by atoms with Crippen molar-refractivity contribution in [1.29, 1.82) is 0 Å². The first-order valence-corrected chi connectivity index (χ1v) is 9.49. The lowest BCUT2D eigenvalue weighted by molar-refractivity contribution is -0.138. The van der Waals surface area contributed by atoms with Gasteiger partial charge in [0.1, 0.15) is 18.0 Å². The zero-order chi connectivity index (χ0) is 20.7. The Morgan fingerprint density at radius 3 is 2.48 bits per heavy atom. The molecule has 2 heterocycles. The fraction of sp³-hybridized carbons (Fsp3) is 0.238. The van der Waals surface area contributed by atoms with E-state index in [-0.39, 0.29) is 16.5 Å². The highest BCUT2D eigenvalue weighted by atomic mass is 35.5. The Morgan fingerprint density at radius 1 is 1.07 bits per heavy atom. The molecule has 1 fully saturated rings. The minimum atomic E-state index is -1.37. The maximum Gasteiger partial charge on any atom is 0.249 e. The van der Waals surface area contributed by atoms with Crippen molar-refractivity contribution in [2.75, 3.05) is 12.5 Å². The highest BCUT2D eigenvalue weighted by Crippen LogP contribution is 2.37. The summed E-state index contributed by atoms with van der Waals surface area (Å²) in [5.74, 6) is -2.06. The molecule has 2 aromatic carbocycles. The number of carbonyl (C=O) groups is 2. The minimum Gasteiger partial charge on any atom is -0.386 e. The molecule has 0 aromatic heterocycles. The number of para-hydroxylation sites is 1. The number of carbonyl (C=O) groups excluding carboxylic acids is 2. The number of likely N-dealkylation sites (tertiary alicyclic amines) is 1. The lowest BCUT2D eigenvalue weighted by atomic mass is 9.90. The maximum absolute atomic E-state index is 14.4. The lowest BCUT2D eigenvalue weighted by Crippen LogP contribution is -2.55. The van der Waals surface area contributed by atoms with Crippen molar-refractivity contribution in [3.05, 3.63) is 77.1 Å². The van der Waals surface area contributed by atoms with Gasteiger partial charge in [-0.05, 0) is 24.3 Å². The summed E-state index contributed by atoms with van der Waals surface area (Å²) in [6.45, 7) is 0. The average molecular weight is 416 g/mol. The number of aliphatic hydroxyl groups excluding tert-OH is 1. The van der Waals surface area contributed by atoms with Gasteiger partial charge in [0.15, 0.2) is 0 Å². The number of amides is 2. The molecule has 0 bridgehead atoms. The van der Waals surface area contributed by atoms with Crippen LogP contribution in [0, 0.1) is 11.7 Å². The van der Waals surface area contributed by atoms with Crippen LogP contribution in [0.5, 0.6) is 0 Å². The van der Waals surface area contributed by atoms with Gasteiger partial charge in [0.25, 0.3) is 0 Å². The lowest BCUT2D eigenvalue weighted by Gasteiger charge is -2.40. The quantitative estimate of drug-likeness (QED) is 0.593. The summed E-state index contributed by atoms with van der Waals surface area (Å²) in [6, 6.07) is 11.5. The number of rotatable bonds is 4. The second-order valence-corrected chi connectivity index (χ2v) is 7.45. The van der Waals surface area contributed by atoms with Crippen LogP contribution in [0.15, 0.2) is 60.7 Å². The molecule has 0 saturated carbocycles. The molecule has 0 spiro atoms.